The number of aromatic hydroxyl groups is 2. The number of phenols is 2. The third-order valence-corrected chi connectivity index (χ3v) is 8.44. The molecule has 0 aliphatic carbocycles. The van der Waals surface area contributed by atoms with E-state index in [0.717, 1.165) is 11.3 Å². The Morgan fingerprint density at radius 3 is 2.32 bits per heavy atom. The number of likely N-dealkylation sites (N-methyl/N-ethyl adjacent to an activating group) is 1. The van der Waals surface area contributed by atoms with Crippen LogP contribution in [0.1, 0.15) is 72.8 Å². The summed E-state index contributed by atoms with van der Waals surface area (Å²) < 4.78 is 10.2. The van der Waals surface area contributed by atoms with Crippen molar-refractivity contribution in [3.63, 3.8) is 0 Å². The van der Waals surface area contributed by atoms with Crippen molar-refractivity contribution in [1.82, 2.24) is 15.5 Å². The van der Waals surface area contributed by atoms with Crippen molar-refractivity contribution >= 4 is 46.5 Å². The lowest BCUT2D eigenvalue weighted by Gasteiger charge is -2.32. The van der Waals surface area contributed by atoms with Crippen LogP contribution in [0.3, 0.4) is 0 Å². The highest BCUT2D eigenvalue weighted by molar-refractivity contribution is 14.1. The number of aryl methyl sites for hydroxylation is 1. The number of nitrogens with two attached hydrogens (primary N) is 1. The van der Waals surface area contributed by atoms with Crippen LogP contribution in [0.15, 0.2) is 24.3 Å². The van der Waals surface area contributed by atoms with Crippen LogP contribution in [0.2, 0.25) is 0 Å². The maximum Gasteiger partial charge on any atom is 0.410 e. The molecule has 2 aromatic rings. The zero-order valence-corrected chi connectivity index (χ0v) is 28.1. The molecule has 13 heteroatoms. The highest BCUT2D eigenvalue weighted by Gasteiger charge is 2.36. The van der Waals surface area contributed by atoms with Gasteiger partial charge in [0.05, 0.1) is 7.11 Å². The molecule has 0 saturated heterocycles. The van der Waals surface area contributed by atoms with Gasteiger partial charge in [-0.15, -0.1) is 0 Å². The molecule has 0 radical (unpaired) electrons. The Labute approximate surface area is 270 Å². The summed E-state index contributed by atoms with van der Waals surface area (Å²) in [7, 11) is 2.55. The highest BCUT2D eigenvalue weighted by atomic mass is 127. The topological polar surface area (TPSA) is 181 Å². The van der Waals surface area contributed by atoms with Crippen LogP contribution < -0.4 is 16.4 Å². The molecular weight excluding hydrogens is 683 g/mol. The number of amides is 3. The molecule has 3 unspecified atom stereocenters. The molecule has 0 saturated carbocycles. The molecule has 0 aromatic heterocycles. The van der Waals surface area contributed by atoms with Crippen LogP contribution >= 0.6 is 22.6 Å². The predicted octanol–water partition coefficient (Wildman–Crippen LogP) is 3.87. The van der Waals surface area contributed by atoms with Gasteiger partial charge in [-0.2, -0.15) is 0 Å². The van der Waals surface area contributed by atoms with Crippen molar-refractivity contribution in [2.75, 3.05) is 14.2 Å². The molecule has 44 heavy (non-hydrogen) atoms. The van der Waals surface area contributed by atoms with Crippen LogP contribution in [0, 0.1) is 6.92 Å². The number of benzene rings is 2. The number of ether oxygens (including phenoxy) is 2. The molecule has 1 heterocycles. The number of nitrogens with zero attached hydrogens (tertiary/aromatic N) is 1. The molecular formula is C31H41IN4O8. The number of fused-ring (bicyclic) bond motifs is 5. The molecule has 0 spiro atoms. The fraction of sp³-hybridized carbons (Fsp3) is 0.484. The number of rotatable bonds is 5. The second-order valence-corrected chi connectivity index (χ2v) is 13.3. The number of carbonyl (C=O) groups is 4. The fourth-order valence-corrected chi connectivity index (χ4v) is 6.09. The van der Waals surface area contributed by atoms with E-state index in [2.05, 4.69) is 33.2 Å². The van der Waals surface area contributed by atoms with E-state index in [0.29, 0.717) is 23.1 Å². The van der Waals surface area contributed by atoms with Gasteiger partial charge < -0.3 is 36.1 Å². The summed E-state index contributed by atoms with van der Waals surface area (Å²) in [4.78, 5) is 54.0. The lowest BCUT2D eigenvalue weighted by atomic mass is 9.89. The monoisotopic (exact) mass is 724 g/mol. The SMILES string of the molecule is CCCC(I)c1cc2cc(c1O)-c1cc(cc(C)c1O)CC(C(=O)OC)NC(=O)[C@H](N)NC(=O)C2N(C)C(=O)OC(C)(C)C. The number of hydrogen-bond acceptors (Lipinski definition) is 9. The first-order valence-corrected chi connectivity index (χ1v) is 15.5. The number of nitrogens with one attached hydrogen (secondary N) is 2. The molecule has 0 fully saturated rings. The number of alkyl halides is 1. The van der Waals surface area contributed by atoms with Gasteiger partial charge >= 0.3 is 12.1 Å². The first kappa shape index (κ1) is 34.9. The molecule has 240 valence electrons. The molecule has 6 N–H and O–H groups in total. The van der Waals surface area contributed by atoms with Crippen molar-refractivity contribution < 1.29 is 38.9 Å². The number of halogens is 1. The molecule has 4 atom stereocenters. The van der Waals surface area contributed by atoms with Gasteiger partial charge in [0.2, 0.25) is 5.91 Å². The van der Waals surface area contributed by atoms with E-state index in [-0.39, 0.29) is 38.5 Å². The predicted molar refractivity (Wildman–Crippen MR) is 172 cm³/mol. The van der Waals surface area contributed by atoms with E-state index in [1.165, 1.54) is 20.2 Å². The van der Waals surface area contributed by atoms with Gasteiger partial charge in [0, 0.05) is 34.1 Å². The standard InChI is InChI=1S/C31H41IN4O8/c1-8-9-21(32)20-14-17-13-19(25(20)38)18-11-16(10-15(2)24(18)37)12-22(29(41)43-7)34-28(40)26(33)35-27(39)23(17)36(6)30(42)44-31(3,4)5/h10-11,13-14,21-23,26,37-38H,8-9,12,33H2,1-7H3,(H,34,40)(H,35,39)/t21?,22?,23?,26-/m1/s1. The maximum atomic E-state index is 13.9. The van der Waals surface area contributed by atoms with Crippen LogP contribution in [-0.2, 0) is 30.3 Å². The third kappa shape index (κ3) is 7.92. The zero-order chi connectivity index (χ0) is 33.1. The van der Waals surface area contributed by atoms with Crippen LogP contribution in [0.25, 0.3) is 11.1 Å². The van der Waals surface area contributed by atoms with Crippen LogP contribution in [-0.4, -0.2) is 71.0 Å². The van der Waals surface area contributed by atoms with Crippen molar-refractivity contribution in [3.8, 4) is 22.6 Å². The Kier molecular flexibility index (Phi) is 11.1. The van der Waals surface area contributed by atoms with Crippen molar-refractivity contribution in [3.05, 3.63) is 46.5 Å². The average molecular weight is 725 g/mol. The number of hydrogen-bond donors (Lipinski definition) is 5. The third-order valence-electron chi connectivity index (χ3n) is 7.15. The summed E-state index contributed by atoms with van der Waals surface area (Å²) >= 11 is 2.20. The molecule has 1 aliphatic heterocycles. The van der Waals surface area contributed by atoms with Gasteiger partial charge in [0.1, 0.15) is 29.2 Å². The lowest BCUT2D eigenvalue weighted by molar-refractivity contribution is -0.145. The molecule has 12 nitrogen and oxygen atoms in total. The van der Waals surface area contributed by atoms with E-state index in [1.807, 2.05) is 6.92 Å². The number of esters is 1. The summed E-state index contributed by atoms with van der Waals surface area (Å²) in [6, 6.07) is 3.86. The normalized spacial score (nSPS) is 19.6. The molecule has 3 rings (SSSR count). The number of methoxy groups -OCH3 is 1. The van der Waals surface area contributed by atoms with E-state index in [1.54, 1.807) is 45.9 Å². The average Bonchev–Trinajstić information content (AvgIpc) is 2.93. The van der Waals surface area contributed by atoms with E-state index in [9.17, 15) is 29.4 Å². The van der Waals surface area contributed by atoms with Crippen LogP contribution in [0.5, 0.6) is 11.5 Å². The quantitative estimate of drug-likeness (QED) is 0.174. The minimum atomic E-state index is -1.60. The fourth-order valence-electron chi connectivity index (χ4n) is 4.99. The van der Waals surface area contributed by atoms with Gasteiger partial charge in [0.25, 0.3) is 5.91 Å². The summed E-state index contributed by atoms with van der Waals surface area (Å²) in [5, 5.41) is 27.8. The maximum absolute atomic E-state index is 13.9. The minimum Gasteiger partial charge on any atom is -0.507 e. The van der Waals surface area contributed by atoms with E-state index >= 15 is 0 Å². The minimum absolute atomic E-state index is 0.0325. The summed E-state index contributed by atoms with van der Waals surface area (Å²) in [5.74, 6) is -2.65. The van der Waals surface area contributed by atoms with Gasteiger partial charge in [-0.05, 0) is 69.0 Å². The lowest BCUT2D eigenvalue weighted by Crippen LogP contribution is -2.58. The second kappa shape index (κ2) is 14.0. The Morgan fingerprint density at radius 1 is 1.09 bits per heavy atom. The first-order valence-electron chi connectivity index (χ1n) is 14.2. The van der Waals surface area contributed by atoms with Crippen molar-refractivity contribution in [2.45, 2.75) is 81.7 Å². The largest absolute Gasteiger partial charge is 0.507 e. The Hall–Kier alpha value is -3.59. The first-order chi connectivity index (χ1) is 20.5. The molecule has 1 aliphatic rings. The van der Waals surface area contributed by atoms with Crippen LogP contribution in [0.4, 0.5) is 4.79 Å². The van der Waals surface area contributed by atoms with Gasteiger partial charge in [0.15, 0.2) is 6.17 Å². The Morgan fingerprint density at radius 2 is 1.73 bits per heavy atom. The molecule has 3 amide bonds. The van der Waals surface area contributed by atoms with Gasteiger partial charge in [-0.25, -0.2) is 9.59 Å². The summed E-state index contributed by atoms with van der Waals surface area (Å²) in [5.41, 5.74) is 7.43. The molecule has 4 bridgehead atoms. The Balaban J connectivity index is 2.40. The summed E-state index contributed by atoms with van der Waals surface area (Å²) in [6.45, 7) is 8.72. The van der Waals surface area contributed by atoms with E-state index < -0.39 is 47.7 Å². The van der Waals surface area contributed by atoms with Crippen molar-refractivity contribution in [2.24, 2.45) is 5.73 Å². The number of phenolic OH excluding ortho intramolecular Hbond substituents is 2. The van der Waals surface area contributed by atoms with Crippen molar-refractivity contribution in [1.29, 1.82) is 0 Å². The Bertz CT molecular complexity index is 1440. The van der Waals surface area contributed by atoms with Gasteiger partial charge in [-0.3, -0.25) is 14.5 Å². The summed E-state index contributed by atoms with van der Waals surface area (Å²) in [6.07, 6.45) is -0.966. The smallest absolute Gasteiger partial charge is 0.410 e. The molecule has 2 aromatic carbocycles. The number of carbonyl (C=O) groups excluding carboxylic acids is 4. The van der Waals surface area contributed by atoms with Gasteiger partial charge in [-0.1, -0.05) is 42.0 Å². The second-order valence-electron chi connectivity index (χ2n) is 11.8. The highest BCUT2D eigenvalue weighted by Crippen LogP contribution is 2.46. The van der Waals surface area contributed by atoms with E-state index in [4.69, 9.17) is 15.2 Å². The zero-order valence-electron chi connectivity index (χ0n) is 26.0.